The van der Waals surface area contributed by atoms with Gasteiger partial charge in [-0.2, -0.15) is 0 Å². The van der Waals surface area contributed by atoms with Crippen molar-refractivity contribution in [3.8, 4) is 16.9 Å². The van der Waals surface area contributed by atoms with Gasteiger partial charge in [-0.3, -0.25) is 0 Å². The van der Waals surface area contributed by atoms with Crippen molar-refractivity contribution in [2.24, 2.45) is 0 Å². The number of methoxy groups -OCH3 is 2. The van der Waals surface area contributed by atoms with Crippen molar-refractivity contribution < 1.29 is 18.7 Å². The molecule has 0 unspecified atom stereocenters. The Morgan fingerprint density at radius 3 is 2.65 bits per heavy atom. The normalized spacial score (nSPS) is 10.2. The zero-order valence-electron chi connectivity index (χ0n) is 10.8. The molecule has 0 N–H and O–H groups in total. The number of esters is 1. The molecule has 0 atom stereocenters. The van der Waals surface area contributed by atoms with Gasteiger partial charge in [0, 0.05) is 17.3 Å². The van der Waals surface area contributed by atoms with Crippen LogP contribution in [0.4, 0.5) is 4.39 Å². The van der Waals surface area contributed by atoms with Gasteiger partial charge in [0.15, 0.2) is 17.3 Å². The lowest BCUT2D eigenvalue weighted by Gasteiger charge is -2.11. The number of carbonyl (C=O) groups is 1. The number of ether oxygens (including phenoxy) is 2. The van der Waals surface area contributed by atoms with Crippen LogP contribution >= 0.6 is 11.6 Å². The van der Waals surface area contributed by atoms with Gasteiger partial charge in [0.2, 0.25) is 0 Å². The Kier molecular flexibility index (Phi) is 4.20. The molecule has 0 radical (unpaired) electrons. The van der Waals surface area contributed by atoms with Crippen LogP contribution < -0.4 is 4.74 Å². The van der Waals surface area contributed by atoms with E-state index in [2.05, 4.69) is 9.72 Å². The van der Waals surface area contributed by atoms with Crippen molar-refractivity contribution in [2.75, 3.05) is 14.2 Å². The molecule has 4 nitrogen and oxygen atoms in total. The van der Waals surface area contributed by atoms with Gasteiger partial charge in [0.1, 0.15) is 0 Å². The second-order valence-corrected chi connectivity index (χ2v) is 4.24. The number of halogens is 2. The highest BCUT2D eigenvalue weighted by Crippen LogP contribution is 2.35. The van der Waals surface area contributed by atoms with Crippen LogP contribution in [0, 0.1) is 5.82 Å². The van der Waals surface area contributed by atoms with Gasteiger partial charge in [-0.1, -0.05) is 17.7 Å². The number of rotatable bonds is 3. The number of pyridine rings is 1. The molecule has 0 amide bonds. The summed E-state index contributed by atoms with van der Waals surface area (Å²) in [5, 5.41) is 0.150. The maximum absolute atomic E-state index is 14.4. The topological polar surface area (TPSA) is 48.4 Å². The SMILES string of the molecule is COC(=O)c1ncccc1-c1ccc(Cl)c(OC)c1F. The van der Waals surface area contributed by atoms with Crippen LogP contribution in [0.2, 0.25) is 5.02 Å². The van der Waals surface area contributed by atoms with Gasteiger partial charge < -0.3 is 9.47 Å². The molecule has 0 spiro atoms. The molecule has 0 bridgehead atoms. The molecule has 1 heterocycles. The standard InChI is InChI=1S/C14H11ClFNO3/c1-19-13-10(15)6-5-8(11(13)16)9-4-3-7-17-12(9)14(18)20-2/h3-7H,1-2H3. The zero-order valence-corrected chi connectivity index (χ0v) is 11.6. The summed E-state index contributed by atoms with van der Waals surface area (Å²) in [5.41, 5.74) is 0.504. The number of benzene rings is 1. The van der Waals surface area contributed by atoms with Gasteiger partial charge >= 0.3 is 5.97 Å². The summed E-state index contributed by atoms with van der Waals surface area (Å²) >= 11 is 5.85. The molecule has 2 rings (SSSR count). The maximum atomic E-state index is 14.4. The summed E-state index contributed by atoms with van der Waals surface area (Å²) in [6.45, 7) is 0. The number of hydrogen-bond donors (Lipinski definition) is 0. The third-order valence-corrected chi connectivity index (χ3v) is 3.03. The minimum Gasteiger partial charge on any atom is -0.492 e. The zero-order chi connectivity index (χ0) is 14.7. The van der Waals surface area contributed by atoms with Crippen LogP contribution in [0.25, 0.3) is 11.1 Å². The Balaban J connectivity index is 2.67. The number of hydrogen-bond acceptors (Lipinski definition) is 4. The van der Waals surface area contributed by atoms with Crippen LogP contribution in [-0.2, 0) is 4.74 Å². The second-order valence-electron chi connectivity index (χ2n) is 3.83. The van der Waals surface area contributed by atoms with Crippen molar-refractivity contribution in [1.29, 1.82) is 0 Å². The number of aromatic nitrogens is 1. The largest absolute Gasteiger partial charge is 0.492 e. The van der Waals surface area contributed by atoms with Crippen LogP contribution in [0.15, 0.2) is 30.5 Å². The summed E-state index contributed by atoms with van der Waals surface area (Å²) in [6, 6.07) is 6.13. The molecular formula is C14H11ClFNO3. The summed E-state index contributed by atoms with van der Waals surface area (Å²) in [5.74, 6) is -1.38. The van der Waals surface area contributed by atoms with E-state index in [-0.39, 0.29) is 22.0 Å². The fourth-order valence-electron chi connectivity index (χ4n) is 1.81. The van der Waals surface area contributed by atoms with Crippen molar-refractivity contribution in [3.05, 3.63) is 47.0 Å². The van der Waals surface area contributed by atoms with Gasteiger partial charge in [0.25, 0.3) is 0 Å². The van der Waals surface area contributed by atoms with E-state index in [0.717, 1.165) is 0 Å². The Morgan fingerprint density at radius 1 is 1.25 bits per heavy atom. The predicted octanol–water partition coefficient (Wildman–Crippen LogP) is 3.34. The summed E-state index contributed by atoms with van der Waals surface area (Å²) in [6.07, 6.45) is 1.43. The van der Waals surface area contributed by atoms with Crippen LogP contribution in [-0.4, -0.2) is 25.2 Å². The Hall–Kier alpha value is -2.14. The Morgan fingerprint density at radius 2 is 2.00 bits per heavy atom. The first-order chi connectivity index (χ1) is 9.60. The van der Waals surface area contributed by atoms with E-state index in [1.807, 2.05) is 0 Å². The minimum atomic E-state index is -0.654. The molecule has 20 heavy (non-hydrogen) atoms. The highest BCUT2D eigenvalue weighted by molar-refractivity contribution is 6.32. The van der Waals surface area contributed by atoms with E-state index in [0.29, 0.717) is 5.56 Å². The molecule has 0 saturated heterocycles. The lowest BCUT2D eigenvalue weighted by Crippen LogP contribution is -2.07. The third kappa shape index (κ3) is 2.44. The van der Waals surface area contributed by atoms with E-state index >= 15 is 0 Å². The molecule has 0 saturated carbocycles. The molecule has 6 heteroatoms. The fourth-order valence-corrected chi connectivity index (χ4v) is 2.03. The van der Waals surface area contributed by atoms with Gasteiger partial charge in [-0.15, -0.1) is 0 Å². The van der Waals surface area contributed by atoms with E-state index in [1.54, 1.807) is 12.1 Å². The molecule has 1 aromatic heterocycles. The molecule has 0 aliphatic rings. The first-order valence-corrected chi connectivity index (χ1v) is 6.03. The molecular weight excluding hydrogens is 285 g/mol. The quantitative estimate of drug-likeness (QED) is 0.815. The Bertz CT molecular complexity index is 661. The summed E-state index contributed by atoms with van der Waals surface area (Å²) in [4.78, 5) is 15.6. The number of carbonyl (C=O) groups excluding carboxylic acids is 1. The molecule has 104 valence electrons. The van der Waals surface area contributed by atoms with E-state index in [9.17, 15) is 9.18 Å². The first-order valence-electron chi connectivity index (χ1n) is 5.65. The minimum absolute atomic E-state index is 0.0262. The van der Waals surface area contributed by atoms with Crippen LogP contribution in [0.5, 0.6) is 5.75 Å². The molecule has 2 aromatic rings. The van der Waals surface area contributed by atoms with Crippen molar-refractivity contribution in [2.45, 2.75) is 0 Å². The summed E-state index contributed by atoms with van der Waals surface area (Å²) < 4.78 is 23.9. The predicted molar refractivity (Wildman–Crippen MR) is 72.5 cm³/mol. The van der Waals surface area contributed by atoms with Crippen LogP contribution in [0.3, 0.4) is 0 Å². The third-order valence-electron chi connectivity index (χ3n) is 2.73. The number of nitrogens with zero attached hydrogens (tertiary/aromatic N) is 1. The van der Waals surface area contributed by atoms with Crippen molar-refractivity contribution >= 4 is 17.6 Å². The molecule has 0 aliphatic carbocycles. The van der Waals surface area contributed by atoms with E-state index < -0.39 is 11.8 Å². The monoisotopic (exact) mass is 295 g/mol. The smallest absolute Gasteiger partial charge is 0.357 e. The van der Waals surface area contributed by atoms with Crippen molar-refractivity contribution in [1.82, 2.24) is 4.98 Å². The fraction of sp³-hybridized carbons (Fsp3) is 0.143. The van der Waals surface area contributed by atoms with Gasteiger partial charge in [-0.05, 0) is 18.2 Å². The lowest BCUT2D eigenvalue weighted by molar-refractivity contribution is 0.0595. The molecule has 0 fully saturated rings. The molecule has 1 aromatic carbocycles. The highest BCUT2D eigenvalue weighted by atomic mass is 35.5. The Labute approximate surface area is 120 Å². The van der Waals surface area contributed by atoms with E-state index in [4.69, 9.17) is 16.3 Å². The van der Waals surface area contributed by atoms with Gasteiger partial charge in [0.05, 0.1) is 19.2 Å². The first kappa shape index (κ1) is 14.3. The average molecular weight is 296 g/mol. The second kappa shape index (κ2) is 5.88. The summed E-state index contributed by atoms with van der Waals surface area (Å²) in [7, 11) is 2.55. The van der Waals surface area contributed by atoms with Crippen molar-refractivity contribution in [3.63, 3.8) is 0 Å². The maximum Gasteiger partial charge on any atom is 0.357 e. The van der Waals surface area contributed by atoms with Gasteiger partial charge in [-0.25, -0.2) is 14.2 Å². The average Bonchev–Trinajstić information content (AvgIpc) is 2.47. The lowest BCUT2D eigenvalue weighted by atomic mass is 10.0. The highest BCUT2D eigenvalue weighted by Gasteiger charge is 2.20. The van der Waals surface area contributed by atoms with Crippen LogP contribution in [0.1, 0.15) is 10.5 Å². The van der Waals surface area contributed by atoms with E-state index in [1.165, 1.54) is 32.5 Å². The molecule has 0 aliphatic heterocycles.